The maximum Gasteiger partial charge on any atom is 0.410 e. The molecule has 2 N–H and O–H groups in total. The predicted molar refractivity (Wildman–Crippen MR) is 155 cm³/mol. The van der Waals surface area contributed by atoms with Crippen LogP contribution in [0.15, 0.2) is 42.5 Å². The van der Waals surface area contributed by atoms with Crippen LogP contribution < -0.4 is 15.2 Å². The summed E-state index contributed by atoms with van der Waals surface area (Å²) in [7, 11) is -1.88. The molecular formula is C30H46N2O5Si. The van der Waals surface area contributed by atoms with E-state index in [1.165, 1.54) is 0 Å². The maximum atomic E-state index is 12.3. The Bertz CT molecular complexity index is 1070. The van der Waals surface area contributed by atoms with Crippen LogP contribution in [0.5, 0.6) is 11.5 Å². The van der Waals surface area contributed by atoms with E-state index in [0.717, 1.165) is 35.5 Å². The van der Waals surface area contributed by atoms with Gasteiger partial charge in [-0.1, -0.05) is 32.9 Å². The molecule has 3 rings (SSSR count). The highest BCUT2D eigenvalue weighted by Gasteiger charge is 2.37. The first kappa shape index (κ1) is 29.8. The van der Waals surface area contributed by atoms with Crippen LogP contribution in [-0.2, 0) is 22.4 Å². The van der Waals surface area contributed by atoms with Crippen molar-refractivity contribution in [2.24, 2.45) is 0 Å². The number of hydrogen-bond acceptors (Lipinski definition) is 6. The van der Waals surface area contributed by atoms with Gasteiger partial charge in [-0.2, -0.15) is 0 Å². The van der Waals surface area contributed by atoms with Gasteiger partial charge in [0.1, 0.15) is 29.8 Å². The van der Waals surface area contributed by atoms with Gasteiger partial charge in [0.05, 0.1) is 6.61 Å². The van der Waals surface area contributed by atoms with Gasteiger partial charge in [-0.25, -0.2) is 4.79 Å². The van der Waals surface area contributed by atoms with E-state index in [9.17, 15) is 4.79 Å². The minimum Gasteiger partial charge on any atom is -0.490 e. The Hall–Kier alpha value is -2.71. The molecule has 8 heteroatoms. The van der Waals surface area contributed by atoms with Crippen LogP contribution in [0, 0.1) is 0 Å². The number of nitrogens with zero attached hydrogens (tertiary/aromatic N) is 1. The van der Waals surface area contributed by atoms with Crippen LogP contribution in [0.3, 0.4) is 0 Å². The number of hydrogen-bond donors (Lipinski definition) is 1. The van der Waals surface area contributed by atoms with Gasteiger partial charge in [-0.3, -0.25) is 0 Å². The molecule has 1 aliphatic rings. The average Bonchev–Trinajstić information content (AvgIpc) is 2.82. The Balaban J connectivity index is 1.52. The monoisotopic (exact) mass is 542 g/mol. The summed E-state index contributed by atoms with van der Waals surface area (Å²) in [4.78, 5) is 14.0. The summed E-state index contributed by atoms with van der Waals surface area (Å²) in [6.07, 6.45) is 1.34. The Morgan fingerprint density at radius 3 is 2.13 bits per heavy atom. The Labute approximate surface area is 229 Å². The van der Waals surface area contributed by atoms with E-state index in [2.05, 4.69) is 39.9 Å². The Kier molecular flexibility index (Phi) is 9.42. The summed E-state index contributed by atoms with van der Waals surface area (Å²) in [5.74, 6) is 1.53. The van der Waals surface area contributed by atoms with Crippen LogP contribution in [0.25, 0.3) is 0 Å². The highest BCUT2D eigenvalue weighted by Crippen LogP contribution is 2.37. The van der Waals surface area contributed by atoms with Gasteiger partial charge in [0, 0.05) is 37.2 Å². The lowest BCUT2D eigenvalue weighted by Gasteiger charge is -2.36. The molecule has 1 aliphatic heterocycles. The molecule has 0 atom stereocenters. The van der Waals surface area contributed by atoms with Crippen molar-refractivity contribution < 1.29 is 23.4 Å². The average molecular weight is 543 g/mol. The van der Waals surface area contributed by atoms with Crippen LogP contribution in [0.4, 0.5) is 10.5 Å². The third-order valence-electron chi connectivity index (χ3n) is 7.31. The summed E-state index contributed by atoms with van der Waals surface area (Å²) < 4.78 is 24.2. The van der Waals surface area contributed by atoms with Gasteiger partial charge in [0.15, 0.2) is 8.32 Å². The minimum absolute atomic E-state index is 0.0630. The number of anilines is 1. The second-order valence-corrected chi connectivity index (χ2v) is 17.4. The number of carbonyl (C=O) groups excluding carboxylic acids is 1. The quantitative estimate of drug-likeness (QED) is 0.282. The molecule has 7 nitrogen and oxygen atoms in total. The van der Waals surface area contributed by atoms with Crippen molar-refractivity contribution in [1.82, 2.24) is 4.90 Å². The van der Waals surface area contributed by atoms with Gasteiger partial charge in [0.2, 0.25) is 0 Å². The summed E-state index contributed by atoms with van der Waals surface area (Å²) >= 11 is 0. The van der Waals surface area contributed by atoms with Crippen LogP contribution in [0.2, 0.25) is 18.1 Å². The second kappa shape index (κ2) is 12.0. The summed E-state index contributed by atoms with van der Waals surface area (Å²) in [6.45, 7) is 19.0. The van der Waals surface area contributed by atoms with Crippen LogP contribution in [-0.4, -0.2) is 44.1 Å². The van der Waals surface area contributed by atoms with Crippen molar-refractivity contribution >= 4 is 20.1 Å². The third-order valence-corrected chi connectivity index (χ3v) is 11.8. The first-order valence-corrected chi connectivity index (χ1v) is 16.4. The molecule has 1 heterocycles. The molecule has 1 amide bonds. The van der Waals surface area contributed by atoms with Gasteiger partial charge in [0.25, 0.3) is 0 Å². The largest absolute Gasteiger partial charge is 0.490 e. The lowest BCUT2D eigenvalue weighted by molar-refractivity contribution is 0.0126. The molecule has 2 aromatic carbocycles. The molecular weight excluding hydrogens is 496 g/mol. The highest BCUT2D eigenvalue weighted by molar-refractivity contribution is 6.74. The molecule has 2 aromatic rings. The summed E-state index contributed by atoms with van der Waals surface area (Å²) in [6, 6.07) is 13.6. The number of amides is 1. The van der Waals surface area contributed by atoms with E-state index in [4.69, 9.17) is 24.4 Å². The molecule has 210 valence electrons. The Morgan fingerprint density at radius 1 is 0.947 bits per heavy atom. The molecule has 0 aliphatic carbocycles. The van der Waals surface area contributed by atoms with Gasteiger partial charge < -0.3 is 29.3 Å². The number of ether oxygens (including phenoxy) is 3. The molecule has 1 saturated heterocycles. The Morgan fingerprint density at radius 2 is 1.55 bits per heavy atom. The smallest absolute Gasteiger partial charge is 0.410 e. The SMILES string of the molecule is CC(C)(C)OC(=O)N1CCC(Oc2ccc(OCc3c(N)cccc3CO[Si](C)(C)C(C)(C)C)cc2)CC1. The van der Waals surface area contributed by atoms with Crippen molar-refractivity contribution in [2.75, 3.05) is 18.8 Å². The molecule has 0 spiro atoms. The highest BCUT2D eigenvalue weighted by atomic mass is 28.4. The topological polar surface area (TPSA) is 83.2 Å². The molecule has 38 heavy (non-hydrogen) atoms. The van der Waals surface area contributed by atoms with Gasteiger partial charge >= 0.3 is 6.09 Å². The van der Waals surface area contributed by atoms with Gasteiger partial charge in [-0.15, -0.1) is 0 Å². The standard InChI is InChI=1S/C30H46N2O5Si/c1-29(2,3)37-28(33)32-18-16-25(17-19-32)36-24-14-12-23(13-15-24)34-21-26-22(10-9-11-27(26)31)20-35-38(7,8)30(4,5)6/h9-15,25H,16-21,31H2,1-8H3. The normalized spacial score (nSPS) is 15.3. The molecule has 0 saturated carbocycles. The number of carbonyl (C=O) groups is 1. The van der Waals surface area contributed by atoms with Crippen molar-refractivity contribution in [3.05, 3.63) is 53.6 Å². The summed E-state index contributed by atoms with van der Waals surface area (Å²) in [5.41, 5.74) is 8.57. The minimum atomic E-state index is -1.88. The molecule has 0 aromatic heterocycles. The number of benzene rings is 2. The van der Waals surface area contributed by atoms with Crippen LogP contribution >= 0.6 is 0 Å². The first-order valence-electron chi connectivity index (χ1n) is 13.5. The van der Waals surface area contributed by atoms with Crippen molar-refractivity contribution in [3.63, 3.8) is 0 Å². The molecule has 1 fully saturated rings. The molecule has 0 radical (unpaired) electrons. The fourth-order valence-corrected chi connectivity index (χ4v) is 4.83. The zero-order valence-corrected chi connectivity index (χ0v) is 25.4. The van der Waals surface area contributed by atoms with E-state index in [0.29, 0.717) is 32.0 Å². The number of likely N-dealkylation sites (tertiary alicyclic amines) is 1. The number of piperidine rings is 1. The summed E-state index contributed by atoms with van der Waals surface area (Å²) in [5, 5.41) is 0.142. The first-order chi connectivity index (χ1) is 17.6. The van der Waals surface area contributed by atoms with E-state index < -0.39 is 13.9 Å². The zero-order chi connectivity index (χ0) is 28.1. The lowest BCUT2D eigenvalue weighted by Crippen LogP contribution is -2.44. The van der Waals surface area contributed by atoms with Crippen LogP contribution in [0.1, 0.15) is 65.5 Å². The van der Waals surface area contributed by atoms with E-state index in [-0.39, 0.29) is 17.2 Å². The number of rotatable bonds is 8. The third kappa shape index (κ3) is 8.40. The maximum absolute atomic E-state index is 12.3. The molecule has 0 unspecified atom stereocenters. The van der Waals surface area contributed by atoms with Crippen molar-refractivity contribution in [2.45, 2.75) is 97.4 Å². The lowest BCUT2D eigenvalue weighted by atomic mass is 10.1. The van der Waals surface area contributed by atoms with Gasteiger partial charge in [-0.05, 0) is 74.8 Å². The fourth-order valence-electron chi connectivity index (χ4n) is 3.89. The fraction of sp³-hybridized carbons (Fsp3) is 0.567. The van der Waals surface area contributed by atoms with E-state index >= 15 is 0 Å². The van der Waals surface area contributed by atoms with E-state index in [1.54, 1.807) is 4.90 Å². The second-order valence-electron chi connectivity index (χ2n) is 12.6. The zero-order valence-electron chi connectivity index (χ0n) is 24.4. The van der Waals surface area contributed by atoms with Crippen molar-refractivity contribution in [1.29, 1.82) is 0 Å². The number of nitrogen functional groups attached to an aromatic ring is 1. The van der Waals surface area contributed by atoms with E-state index in [1.807, 2.05) is 57.2 Å². The number of nitrogens with two attached hydrogens (primary N) is 1. The van der Waals surface area contributed by atoms with Crippen molar-refractivity contribution in [3.8, 4) is 11.5 Å². The molecule has 0 bridgehead atoms. The predicted octanol–water partition coefficient (Wildman–Crippen LogP) is 7.15.